The van der Waals surface area contributed by atoms with E-state index < -0.39 is 15.9 Å². The molecule has 0 saturated carbocycles. The first-order valence-corrected chi connectivity index (χ1v) is 8.63. The number of nitrogens with one attached hydrogen (secondary N) is 2. The molecule has 154 valence electrons. The van der Waals surface area contributed by atoms with Crippen LogP contribution in [0.25, 0.3) is 0 Å². The number of nitro benzene ring substituents is 2. The van der Waals surface area contributed by atoms with Gasteiger partial charge in [0.05, 0.1) is 9.85 Å². The highest BCUT2D eigenvalue weighted by Crippen LogP contribution is 2.16. The van der Waals surface area contributed by atoms with Crippen LogP contribution in [0, 0.1) is 27.2 Å². The summed E-state index contributed by atoms with van der Waals surface area (Å²) in [5, 5.41) is 25.9. The third-order valence-corrected chi connectivity index (χ3v) is 3.75. The Balaban J connectivity index is 0.000000269. The fourth-order valence-electron chi connectivity index (χ4n) is 2.19. The first-order valence-electron chi connectivity index (χ1n) is 8.63. The van der Waals surface area contributed by atoms with Crippen molar-refractivity contribution in [1.29, 1.82) is 0 Å². The average Bonchev–Trinajstić information content (AvgIpc) is 2.71. The second-order valence-corrected chi connectivity index (χ2v) is 6.10. The van der Waals surface area contributed by atoms with Gasteiger partial charge in [-0.15, -0.1) is 0 Å². The summed E-state index contributed by atoms with van der Waals surface area (Å²) < 4.78 is 0. The number of carbonyl (C=O) groups is 1. The topological polar surface area (TPSA) is 153 Å². The van der Waals surface area contributed by atoms with Gasteiger partial charge in [-0.1, -0.05) is 17.7 Å². The van der Waals surface area contributed by atoms with E-state index in [-0.39, 0.29) is 11.4 Å². The number of nitrogen functional groups attached to an aromatic ring is 1. The van der Waals surface area contributed by atoms with Gasteiger partial charge in [-0.05, 0) is 43.3 Å². The van der Waals surface area contributed by atoms with E-state index in [0.29, 0.717) is 17.1 Å². The maximum absolute atomic E-state index is 11.7. The molecular weight excluding hydrogens is 390 g/mol. The molecule has 0 radical (unpaired) electrons. The molecule has 0 spiro atoms. The zero-order chi connectivity index (χ0) is 22.1. The summed E-state index contributed by atoms with van der Waals surface area (Å²) in [6, 6.07) is 18.3. The SMILES string of the molecule is Cc1ccc(NC(=O)Nc2ccc([N+](=O)[O-])cc2)cc1.Nc1ccc([N+](=O)[O-])cc1. The van der Waals surface area contributed by atoms with Gasteiger partial charge >= 0.3 is 6.03 Å². The predicted octanol–water partition coefficient (Wildman–Crippen LogP) is 4.72. The van der Waals surface area contributed by atoms with E-state index in [1.54, 1.807) is 12.1 Å². The minimum absolute atomic E-state index is 0.0190. The summed E-state index contributed by atoms with van der Waals surface area (Å²) in [6.45, 7) is 1.96. The largest absolute Gasteiger partial charge is 0.399 e. The van der Waals surface area contributed by atoms with Gasteiger partial charge in [-0.3, -0.25) is 20.2 Å². The van der Waals surface area contributed by atoms with Crippen molar-refractivity contribution in [3.63, 3.8) is 0 Å². The first kappa shape index (κ1) is 21.8. The smallest absolute Gasteiger partial charge is 0.323 e. The first-order chi connectivity index (χ1) is 14.2. The minimum Gasteiger partial charge on any atom is -0.399 e. The number of non-ortho nitro benzene ring substituents is 2. The molecule has 0 aliphatic heterocycles. The van der Waals surface area contributed by atoms with E-state index >= 15 is 0 Å². The molecule has 0 atom stereocenters. The Bertz CT molecular complexity index is 1020. The van der Waals surface area contributed by atoms with Gasteiger partial charge in [0.15, 0.2) is 0 Å². The second-order valence-electron chi connectivity index (χ2n) is 6.10. The van der Waals surface area contributed by atoms with Crippen molar-refractivity contribution in [3.05, 3.63) is 98.6 Å². The normalized spacial score (nSPS) is 9.63. The number of hydrogen-bond acceptors (Lipinski definition) is 6. The third-order valence-electron chi connectivity index (χ3n) is 3.75. The number of aryl methyl sites for hydroxylation is 1. The summed E-state index contributed by atoms with van der Waals surface area (Å²) in [4.78, 5) is 31.4. The summed E-state index contributed by atoms with van der Waals surface area (Å²) in [5.74, 6) is 0. The highest BCUT2D eigenvalue weighted by atomic mass is 16.6. The molecule has 0 aromatic heterocycles. The van der Waals surface area contributed by atoms with Crippen LogP contribution in [0.15, 0.2) is 72.8 Å². The number of rotatable bonds is 4. The molecule has 10 heteroatoms. The number of nitro groups is 2. The van der Waals surface area contributed by atoms with Crippen molar-refractivity contribution >= 4 is 34.5 Å². The van der Waals surface area contributed by atoms with Crippen LogP contribution in [0.4, 0.5) is 33.2 Å². The van der Waals surface area contributed by atoms with Crippen molar-refractivity contribution in [2.24, 2.45) is 0 Å². The Labute approximate surface area is 171 Å². The molecule has 0 aliphatic rings. The van der Waals surface area contributed by atoms with E-state index in [9.17, 15) is 25.0 Å². The molecule has 2 amide bonds. The molecule has 0 fully saturated rings. The Morgan fingerprint density at radius 3 is 1.50 bits per heavy atom. The molecule has 3 rings (SSSR count). The quantitative estimate of drug-likeness (QED) is 0.322. The van der Waals surface area contributed by atoms with E-state index in [1.165, 1.54) is 48.5 Å². The van der Waals surface area contributed by atoms with Crippen LogP contribution in [0.1, 0.15) is 5.56 Å². The molecule has 0 unspecified atom stereocenters. The average molecular weight is 409 g/mol. The second kappa shape index (κ2) is 10.2. The molecule has 3 aromatic carbocycles. The van der Waals surface area contributed by atoms with Gasteiger partial charge in [0.2, 0.25) is 0 Å². The van der Waals surface area contributed by atoms with E-state index in [4.69, 9.17) is 5.73 Å². The lowest BCUT2D eigenvalue weighted by Crippen LogP contribution is -2.19. The van der Waals surface area contributed by atoms with Crippen molar-refractivity contribution in [2.75, 3.05) is 16.4 Å². The zero-order valence-electron chi connectivity index (χ0n) is 15.9. The Hall–Kier alpha value is -4.47. The molecular formula is C20H19N5O5. The number of urea groups is 1. The van der Waals surface area contributed by atoms with Gasteiger partial charge in [-0.25, -0.2) is 4.79 Å². The molecule has 10 nitrogen and oxygen atoms in total. The number of amides is 2. The standard InChI is InChI=1S/C14H13N3O3.C6H6N2O2/c1-10-2-4-11(5-3-10)15-14(18)16-12-6-8-13(9-7-12)17(19)20;7-5-1-3-6(4-2-5)8(9)10/h2-9H,1H3,(H2,15,16,18);1-4H,7H2. The van der Waals surface area contributed by atoms with Gasteiger partial charge in [0.25, 0.3) is 11.4 Å². The van der Waals surface area contributed by atoms with Crippen LogP contribution in [0.3, 0.4) is 0 Å². The van der Waals surface area contributed by atoms with E-state index in [0.717, 1.165) is 5.56 Å². The number of nitrogens with zero attached hydrogens (tertiary/aromatic N) is 2. The molecule has 4 N–H and O–H groups in total. The lowest BCUT2D eigenvalue weighted by atomic mass is 10.2. The van der Waals surface area contributed by atoms with Gasteiger partial charge < -0.3 is 16.4 Å². The summed E-state index contributed by atoms with van der Waals surface area (Å²) in [7, 11) is 0. The summed E-state index contributed by atoms with van der Waals surface area (Å²) in [6.07, 6.45) is 0. The lowest BCUT2D eigenvalue weighted by Gasteiger charge is -2.07. The fraction of sp³-hybridized carbons (Fsp3) is 0.0500. The highest BCUT2D eigenvalue weighted by Gasteiger charge is 2.06. The highest BCUT2D eigenvalue weighted by molar-refractivity contribution is 5.99. The number of anilines is 3. The Morgan fingerprint density at radius 2 is 1.10 bits per heavy atom. The third kappa shape index (κ3) is 6.93. The monoisotopic (exact) mass is 409 g/mol. The van der Waals surface area contributed by atoms with Gasteiger partial charge in [0.1, 0.15) is 0 Å². The van der Waals surface area contributed by atoms with Crippen LogP contribution in [-0.4, -0.2) is 15.9 Å². The molecule has 0 bridgehead atoms. The van der Waals surface area contributed by atoms with Crippen molar-refractivity contribution < 1.29 is 14.6 Å². The molecule has 0 aliphatic carbocycles. The minimum atomic E-state index is -0.490. The summed E-state index contributed by atoms with van der Waals surface area (Å²) >= 11 is 0. The lowest BCUT2D eigenvalue weighted by molar-refractivity contribution is -0.385. The zero-order valence-corrected chi connectivity index (χ0v) is 15.9. The molecule has 30 heavy (non-hydrogen) atoms. The summed E-state index contributed by atoms with van der Waals surface area (Å²) in [5.41, 5.74) is 8.15. The maximum Gasteiger partial charge on any atom is 0.323 e. The number of carbonyl (C=O) groups excluding carboxylic acids is 1. The van der Waals surface area contributed by atoms with Crippen LogP contribution >= 0.6 is 0 Å². The molecule has 3 aromatic rings. The Kier molecular flexibility index (Phi) is 7.40. The number of benzene rings is 3. The number of hydrogen-bond donors (Lipinski definition) is 3. The van der Waals surface area contributed by atoms with Crippen molar-refractivity contribution in [3.8, 4) is 0 Å². The van der Waals surface area contributed by atoms with E-state index in [1.807, 2.05) is 19.1 Å². The van der Waals surface area contributed by atoms with Crippen LogP contribution in [0.5, 0.6) is 0 Å². The fourth-order valence-corrected chi connectivity index (χ4v) is 2.19. The maximum atomic E-state index is 11.7. The van der Waals surface area contributed by atoms with Gasteiger partial charge in [0, 0.05) is 41.3 Å². The molecule has 0 saturated heterocycles. The van der Waals surface area contributed by atoms with Crippen molar-refractivity contribution in [2.45, 2.75) is 6.92 Å². The van der Waals surface area contributed by atoms with Gasteiger partial charge in [-0.2, -0.15) is 0 Å². The number of nitrogens with two attached hydrogens (primary N) is 1. The van der Waals surface area contributed by atoms with Crippen LogP contribution in [-0.2, 0) is 0 Å². The predicted molar refractivity (Wildman–Crippen MR) is 114 cm³/mol. The van der Waals surface area contributed by atoms with Crippen LogP contribution < -0.4 is 16.4 Å². The van der Waals surface area contributed by atoms with Crippen molar-refractivity contribution in [1.82, 2.24) is 0 Å². The Morgan fingerprint density at radius 1 is 0.733 bits per heavy atom. The molecule has 0 heterocycles. The van der Waals surface area contributed by atoms with E-state index in [2.05, 4.69) is 10.6 Å². The van der Waals surface area contributed by atoms with Crippen LogP contribution in [0.2, 0.25) is 0 Å².